The van der Waals surface area contributed by atoms with Crippen LogP contribution in [0, 0.1) is 0 Å². The molecule has 0 saturated heterocycles. The van der Waals surface area contributed by atoms with E-state index < -0.39 is 0 Å². The molecule has 0 aromatic carbocycles. The Morgan fingerprint density at radius 2 is 2.31 bits per heavy atom. The highest BCUT2D eigenvalue weighted by Crippen LogP contribution is 2.17. The first kappa shape index (κ1) is 13.2. The van der Waals surface area contributed by atoms with Crippen molar-refractivity contribution in [2.24, 2.45) is 12.9 Å². The van der Waals surface area contributed by atoms with E-state index in [1.165, 1.54) is 5.69 Å². The molecule has 3 N–H and O–H groups in total. The smallest absolute Gasteiger partial charge is 0.0788 e. The molecule has 0 bridgehead atoms. The van der Waals surface area contributed by atoms with Crippen molar-refractivity contribution in [3.05, 3.63) is 18.0 Å². The molecule has 0 saturated carbocycles. The normalized spacial score (nSPS) is 14.1. The molecule has 0 aliphatic heterocycles. The molecule has 1 unspecified atom stereocenters. The first-order valence-corrected chi connectivity index (χ1v) is 5.49. The zero-order valence-electron chi connectivity index (χ0n) is 10.5. The number of nitrogens with one attached hydrogen (secondary N) is 1. The van der Waals surface area contributed by atoms with Gasteiger partial charge in [-0.25, -0.2) is 0 Å². The molecule has 0 aliphatic carbocycles. The minimum Gasteiger partial charge on any atom is -0.377 e. The Balaban J connectivity index is 2.56. The number of hydrazine groups is 1. The lowest BCUT2D eigenvalue weighted by molar-refractivity contribution is -0.0125. The van der Waals surface area contributed by atoms with Crippen LogP contribution in [0.5, 0.6) is 0 Å². The largest absolute Gasteiger partial charge is 0.377 e. The van der Waals surface area contributed by atoms with Crippen molar-refractivity contribution < 1.29 is 4.74 Å². The van der Waals surface area contributed by atoms with Crippen LogP contribution in [0.2, 0.25) is 0 Å². The molecule has 5 nitrogen and oxygen atoms in total. The molecular formula is C11H22N4O. The summed E-state index contributed by atoms with van der Waals surface area (Å²) in [4.78, 5) is 0. The highest BCUT2D eigenvalue weighted by Gasteiger charge is 2.28. The molecule has 1 atom stereocenters. The maximum Gasteiger partial charge on any atom is 0.0788 e. The van der Waals surface area contributed by atoms with Gasteiger partial charge in [0.15, 0.2) is 0 Å². The maximum atomic E-state index is 5.56. The third-order valence-electron chi connectivity index (χ3n) is 3.18. The van der Waals surface area contributed by atoms with E-state index in [-0.39, 0.29) is 11.6 Å². The van der Waals surface area contributed by atoms with Crippen molar-refractivity contribution in [2.45, 2.75) is 38.3 Å². The number of nitrogens with two attached hydrogens (primary N) is 1. The molecule has 0 amide bonds. The summed E-state index contributed by atoms with van der Waals surface area (Å²) in [6, 6.07) is 2.14. The Labute approximate surface area is 96.9 Å². The number of hydrogen-bond donors (Lipinski definition) is 2. The van der Waals surface area contributed by atoms with E-state index in [1.54, 1.807) is 7.11 Å². The summed E-state index contributed by atoms with van der Waals surface area (Å²) in [7, 11) is 3.65. The molecule has 0 radical (unpaired) electrons. The minimum absolute atomic E-state index is 0.118. The van der Waals surface area contributed by atoms with Gasteiger partial charge >= 0.3 is 0 Å². The lowest BCUT2D eigenvalue weighted by Gasteiger charge is -2.32. The summed E-state index contributed by atoms with van der Waals surface area (Å²) in [5, 5.41) is 4.14. The molecule has 1 rings (SSSR count). The van der Waals surface area contributed by atoms with Crippen LogP contribution in [0.1, 0.15) is 26.0 Å². The summed E-state index contributed by atoms with van der Waals surface area (Å²) in [6.07, 6.45) is 3.65. The van der Waals surface area contributed by atoms with E-state index >= 15 is 0 Å². The standard InChI is InChI=1S/C11H22N4O/c1-11(2,16-4)10(14-12)6-5-9-7-8-13-15(9)3/h7-8,10,14H,5-6,12H2,1-4H3. The van der Waals surface area contributed by atoms with Crippen LogP contribution in [-0.2, 0) is 18.2 Å². The first-order valence-electron chi connectivity index (χ1n) is 5.49. The van der Waals surface area contributed by atoms with Gasteiger partial charge in [0, 0.05) is 32.1 Å². The zero-order chi connectivity index (χ0) is 12.2. The molecule has 0 spiro atoms. The molecular weight excluding hydrogens is 204 g/mol. The highest BCUT2D eigenvalue weighted by molar-refractivity contribution is 5.01. The van der Waals surface area contributed by atoms with E-state index in [0.29, 0.717) is 0 Å². The van der Waals surface area contributed by atoms with Crippen LogP contribution in [0.3, 0.4) is 0 Å². The van der Waals surface area contributed by atoms with Gasteiger partial charge < -0.3 is 4.74 Å². The molecule has 5 heteroatoms. The monoisotopic (exact) mass is 226 g/mol. The Kier molecular flexibility index (Phi) is 4.46. The number of rotatable bonds is 6. The summed E-state index contributed by atoms with van der Waals surface area (Å²) in [5.41, 5.74) is 3.75. The quantitative estimate of drug-likeness (QED) is 0.551. The minimum atomic E-state index is -0.270. The van der Waals surface area contributed by atoms with Gasteiger partial charge in [-0.3, -0.25) is 16.0 Å². The van der Waals surface area contributed by atoms with Gasteiger partial charge in [-0.15, -0.1) is 0 Å². The van der Waals surface area contributed by atoms with E-state index in [4.69, 9.17) is 10.6 Å². The predicted octanol–water partition coefficient (Wildman–Crippen LogP) is 0.610. The fourth-order valence-electron chi connectivity index (χ4n) is 1.71. The zero-order valence-corrected chi connectivity index (χ0v) is 10.5. The van der Waals surface area contributed by atoms with Crippen molar-refractivity contribution in [3.8, 4) is 0 Å². The van der Waals surface area contributed by atoms with E-state index in [9.17, 15) is 0 Å². The number of hydrogen-bond acceptors (Lipinski definition) is 4. The van der Waals surface area contributed by atoms with Crippen LogP contribution >= 0.6 is 0 Å². The SMILES string of the molecule is COC(C)(C)C(CCc1ccnn1C)NN. The maximum absolute atomic E-state index is 5.56. The molecule has 1 heterocycles. The second-order valence-corrected chi connectivity index (χ2v) is 4.51. The molecule has 92 valence electrons. The number of methoxy groups -OCH3 is 1. The van der Waals surface area contributed by atoms with Crippen LogP contribution in [-0.4, -0.2) is 28.5 Å². The Hall–Kier alpha value is -0.910. The third-order valence-corrected chi connectivity index (χ3v) is 3.18. The number of aromatic nitrogens is 2. The second-order valence-electron chi connectivity index (χ2n) is 4.51. The fourth-order valence-corrected chi connectivity index (χ4v) is 1.71. The number of nitrogens with zero attached hydrogens (tertiary/aromatic N) is 2. The van der Waals surface area contributed by atoms with Crippen LogP contribution < -0.4 is 11.3 Å². The second kappa shape index (κ2) is 5.43. The lowest BCUT2D eigenvalue weighted by atomic mass is 9.94. The average molecular weight is 226 g/mol. The number of ether oxygens (including phenoxy) is 1. The van der Waals surface area contributed by atoms with Gasteiger partial charge in [0.2, 0.25) is 0 Å². The van der Waals surface area contributed by atoms with Crippen LogP contribution in [0.25, 0.3) is 0 Å². The third kappa shape index (κ3) is 3.04. The van der Waals surface area contributed by atoms with Crippen LogP contribution in [0.4, 0.5) is 0 Å². The Morgan fingerprint density at radius 1 is 1.62 bits per heavy atom. The fraction of sp³-hybridized carbons (Fsp3) is 0.727. The average Bonchev–Trinajstić information content (AvgIpc) is 2.65. The van der Waals surface area contributed by atoms with Crippen molar-refractivity contribution >= 4 is 0 Å². The summed E-state index contributed by atoms with van der Waals surface area (Å²) in [5.74, 6) is 5.56. The molecule has 1 aromatic rings. The van der Waals surface area contributed by atoms with Gasteiger partial charge in [-0.1, -0.05) is 0 Å². The van der Waals surface area contributed by atoms with Gasteiger partial charge in [-0.05, 0) is 32.8 Å². The van der Waals surface area contributed by atoms with E-state index in [2.05, 4.69) is 10.5 Å². The molecule has 0 fully saturated rings. The van der Waals surface area contributed by atoms with Gasteiger partial charge in [0.1, 0.15) is 0 Å². The summed E-state index contributed by atoms with van der Waals surface area (Å²) >= 11 is 0. The van der Waals surface area contributed by atoms with Crippen molar-refractivity contribution in [3.63, 3.8) is 0 Å². The van der Waals surface area contributed by atoms with Crippen molar-refractivity contribution in [1.29, 1.82) is 0 Å². The summed E-state index contributed by atoms with van der Waals surface area (Å²) in [6.45, 7) is 4.06. The van der Waals surface area contributed by atoms with Crippen molar-refractivity contribution in [1.82, 2.24) is 15.2 Å². The molecule has 0 aliphatic rings. The van der Waals surface area contributed by atoms with Gasteiger partial charge in [-0.2, -0.15) is 5.10 Å². The topological polar surface area (TPSA) is 65.1 Å². The van der Waals surface area contributed by atoms with E-state index in [0.717, 1.165) is 12.8 Å². The molecule has 16 heavy (non-hydrogen) atoms. The lowest BCUT2D eigenvalue weighted by Crippen LogP contribution is -2.51. The summed E-state index contributed by atoms with van der Waals surface area (Å²) < 4.78 is 7.31. The van der Waals surface area contributed by atoms with Gasteiger partial charge in [0.25, 0.3) is 0 Å². The molecule has 1 aromatic heterocycles. The van der Waals surface area contributed by atoms with Gasteiger partial charge in [0.05, 0.1) is 5.60 Å². The van der Waals surface area contributed by atoms with E-state index in [1.807, 2.05) is 37.8 Å². The highest BCUT2D eigenvalue weighted by atomic mass is 16.5. The van der Waals surface area contributed by atoms with Crippen LogP contribution in [0.15, 0.2) is 12.3 Å². The Morgan fingerprint density at radius 3 is 2.75 bits per heavy atom. The number of aryl methyl sites for hydroxylation is 2. The Bertz CT molecular complexity index is 322. The first-order chi connectivity index (χ1) is 7.51. The predicted molar refractivity (Wildman–Crippen MR) is 63.7 cm³/mol. The van der Waals surface area contributed by atoms with Crippen molar-refractivity contribution in [2.75, 3.05) is 7.11 Å².